The molecule has 30 heavy (non-hydrogen) atoms. The van der Waals surface area contributed by atoms with E-state index < -0.39 is 6.10 Å². The molecule has 0 aliphatic rings. The van der Waals surface area contributed by atoms with Crippen LogP contribution in [0.25, 0.3) is 0 Å². The molecule has 0 amide bonds. The van der Waals surface area contributed by atoms with Crippen molar-refractivity contribution >= 4 is 0 Å². The minimum absolute atomic E-state index is 0.103. The number of nitrogens with zero attached hydrogens (tertiary/aromatic N) is 1. The van der Waals surface area contributed by atoms with E-state index in [-0.39, 0.29) is 12.0 Å². The van der Waals surface area contributed by atoms with E-state index in [0.29, 0.717) is 30.3 Å². The molecule has 0 aliphatic heterocycles. The average Bonchev–Trinajstić information content (AvgIpc) is 2.71. The Labute approximate surface area is 180 Å². The molecule has 0 aliphatic carbocycles. The van der Waals surface area contributed by atoms with Crippen LogP contribution in [0, 0.1) is 0 Å². The van der Waals surface area contributed by atoms with Crippen molar-refractivity contribution in [1.82, 2.24) is 4.90 Å². The van der Waals surface area contributed by atoms with Crippen molar-refractivity contribution in [3.05, 3.63) is 47.5 Å². The van der Waals surface area contributed by atoms with Crippen LogP contribution >= 0.6 is 0 Å². The van der Waals surface area contributed by atoms with Gasteiger partial charge in [-0.15, -0.1) is 0 Å². The number of likely N-dealkylation sites (N-methyl/N-ethyl adjacent to an activating group) is 1. The number of benzene rings is 2. The summed E-state index contributed by atoms with van der Waals surface area (Å²) in [5.41, 5.74) is 2.30. The highest BCUT2D eigenvalue weighted by atomic mass is 16.5. The molecule has 2 aromatic carbocycles. The average molecular weight is 418 g/mol. The second kappa shape index (κ2) is 10.5. The first-order valence-corrected chi connectivity index (χ1v) is 10.1. The highest BCUT2D eigenvalue weighted by Crippen LogP contribution is 2.40. The first kappa shape index (κ1) is 23.8. The van der Waals surface area contributed by atoms with Gasteiger partial charge in [0.25, 0.3) is 0 Å². The Morgan fingerprint density at radius 1 is 0.900 bits per heavy atom. The summed E-state index contributed by atoms with van der Waals surface area (Å²) in [7, 11) is 6.73. The van der Waals surface area contributed by atoms with Crippen molar-refractivity contribution < 1.29 is 24.1 Å². The van der Waals surface area contributed by atoms with Crippen LogP contribution in [0.3, 0.4) is 0 Å². The maximum absolute atomic E-state index is 10.4. The zero-order chi connectivity index (χ0) is 22.3. The molecule has 166 valence electrons. The van der Waals surface area contributed by atoms with Crippen molar-refractivity contribution in [2.24, 2.45) is 0 Å². The Hall–Kier alpha value is -2.44. The molecular weight excluding hydrogens is 382 g/mol. The molecule has 6 heteroatoms. The summed E-state index contributed by atoms with van der Waals surface area (Å²) < 4.78 is 22.1. The van der Waals surface area contributed by atoms with Crippen LogP contribution in [-0.4, -0.2) is 57.6 Å². The summed E-state index contributed by atoms with van der Waals surface area (Å²) in [6.07, 6.45) is -0.622. The Morgan fingerprint density at radius 2 is 1.53 bits per heavy atom. The minimum Gasteiger partial charge on any atom is -0.493 e. The largest absolute Gasteiger partial charge is 0.493 e. The van der Waals surface area contributed by atoms with E-state index in [2.05, 4.69) is 32.9 Å². The number of rotatable bonds is 10. The van der Waals surface area contributed by atoms with Gasteiger partial charge in [-0.05, 0) is 36.2 Å². The minimum atomic E-state index is -0.622. The quantitative estimate of drug-likeness (QED) is 0.633. The maximum Gasteiger partial charge on any atom is 0.203 e. The van der Waals surface area contributed by atoms with E-state index in [1.54, 1.807) is 21.3 Å². The molecule has 0 bridgehead atoms. The van der Waals surface area contributed by atoms with Crippen molar-refractivity contribution in [1.29, 1.82) is 0 Å². The Morgan fingerprint density at radius 3 is 2.07 bits per heavy atom. The normalized spacial score (nSPS) is 12.6. The van der Waals surface area contributed by atoms with Gasteiger partial charge in [-0.1, -0.05) is 39.0 Å². The van der Waals surface area contributed by atoms with Gasteiger partial charge >= 0.3 is 0 Å². The SMILES string of the molecule is COc1ccc(CN(C)CC(O)COc2ccc(C(C)(C)C)cc2)c(OC)c1OC. The molecule has 0 aromatic heterocycles. The Bertz CT molecular complexity index is 798. The molecule has 2 rings (SSSR count). The molecule has 0 fully saturated rings. The molecule has 1 atom stereocenters. The highest BCUT2D eigenvalue weighted by molar-refractivity contribution is 5.55. The summed E-state index contributed by atoms with van der Waals surface area (Å²) in [5.74, 6) is 2.57. The molecular formula is C24H35NO5. The third kappa shape index (κ3) is 6.28. The summed E-state index contributed by atoms with van der Waals surface area (Å²) in [6.45, 7) is 7.79. The van der Waals surface area contributed by atoms with E-state index in [1.165, 1.54) is 5.56 Å². The van der Waals surface area contributed by atoms with Gasteiger partial charge in [0.1, 0.15) is 18.5 Å². The van der Waals surface area contributed by atoms with Crippen LogP contribution in [0.2, 0.25) is 0 Å². The summed E-state index contributed by atoms with van der Waals surface area (Å²) >= 11 is 0. The fraction of sp³-hybridized carbons (Fsp3) is 0.500. The van der Waals surface area contributed by atoms with Crippen LogP contribution in [-0.2, 0) is 12.0 Å². The molecule has 0 saturated heterocycles. The Balaban J connectivity index is 1.92. The molecule has 0 saturated carbocycles. The fourth-order valence-electron chi connectivity index (χ4n) is 3.30. The lowest BCUT2D eigenvalue weighted by atomic mass is 9.87. The number of hydrogen-bond donors (Lipinski definition) is 1. The molecule has 6 nitrogen and oxygen atoms in total. The highest BCUT2D eigenvalue weighted by Gasteiger charge is 2.18. The fourth-order valence-corrected chi connectivity index (χ4v) is 3.30. The second-order valence-corrected chi connectivity index (χ2v) is 8.43. The van der Waals surface area contributed by atoms with E-state index in [1.807, 2.05) is 36.2 Å². The maximum atomic E-state index is 10.4. The topological polar surface area (TPSA) is 60.4 Å². The van der Waals surface area contributed by atoms with Crippen molar-refractivity contribution in [2.45, 2.75) is 38.8 Å². The lowest BCUT2D eigenvalue weighted by molar-refractivity contribution is 0.0741. The Kier molecular flexibility index (Phi) is 8.38. The van der Waals surface area contributed by atoms with E-state index in [9.17, 15) is 5.11 Å². The third-order valence-corrected chi connectivity index (χ3v) is 4.91. The van der Waals surface area contributed by atoms with E-state index >= 15 is 0 Å². The van der Waals surface area contributed by atoms with Gasteiger partial charge in [-0.2, -0.15) is 0 Å². The van der Waals surface area contributed by atoms with E-state index in [4.69, 9.17) is 18.9 Å². The van der Waals surface area contributed by atoms with Gasteiger partial charge in [-0.3, -0.25) is 4.90 Å². The molecule has 0 heterocycles. The molecule has 1 unspecified atom stereocenters. The summed E-state index contributed by atoms with van der Waals surface area (Å²) in [6, 6.07) is 11.8. The van der Waals surface area contributed by atoms with Gasteiger partial charge in [0.05, 0.1) is 21.3 Å². The summed E-state index contributed by atoms with van der Waals surface area (Å²) in [4.78, 5) is 2.01. The molecule has 0 radical (unpaired) electrons. The first-order chi connectivity index (χ1) is 14.2. The number of aliphatic hydroxyl groups is 1. The zero-order valence-corrected chi connectivity index (χ0v) is 19.2. The standard InChI is InChI=1S/C24H35NO5/c1-24(2,3)18-9-11-20(12-10-18)30-16-19(26)15-25(4)14-17-8-13-21(27-5)23(29-7)22(17)28-6/h8-13,19,26H,14-16H2,1-7H3. The number of hydrogen-bond acceptors (Lipinski definition) is 6. The van der Waals surface area contributed by atoms with Gasteiger partial charge in [0, 0.05) is 18.7 Å². The van der Waals surface area contributed by atoms with Gasteiger partial charge in [0.2, 0.25) is 5.75 Å². The number of methoxy groups -OCH3 is 3. The van der Waals surface area contributed by atoms with Crippen molar-refractivity contribution in [3.8, 4) is 23.0 Å². The zero-order valence-electron chi connectivity index (χ0n) is 19.2. The molecule has 1 N–H and O–H groups in total. The van der Waals surface area contributed by atoms with Crippen LogP contribution in [0.5, 0.6) is 23.0 Å². The second-order valence-electron chi connectivity index (χ2n) is 8.43. The number of ether oxygens (including phenoxy) is 4. The van der Waals surface area contributed by atoms with Gasteiger partial charge < -0.3 is 24.1 Å². The van der Waals surface area contributed by atoms with Crippen molar-refractivity contribution in [3.63, 3.8) is 0 Å². The lowest BCUT2D eigenvalue weighted by Crippen LogP contribution is -2.32. The third-order valence-electron chi connectivity index (χ3n) is 4.91. The van der Waals surface area contributed by atoms with Crippen LogP contribution < -0.4 is 18.9 Å². The van der Waals surface area contributed by atoms with Gasteiger partial charge in [0.15, 0.2) is 11.5 Å². The predicted molar refractivity (Wildman–Crippen MR) is 119 cm³/mol. The van der Waals surface area contributed by atoms with E-state index in [0.717, 1.165) is 11.3 Å². The monoisotopic (exact) mass is 417 g/mol. The van der Waals surface area contributed by atoms with Gasteiger partial charge in [-0.25, -0.2) is 0 Å². The van der Waals surface area contributed by atoms with Crippen LogP contribution in [0.4, 0.5) is 0 Å². The molecule has 0 spiro atoms. The lowest BCUT2D eigenvalue weighted by Gasteiger charge is -2.23. The smallest absolute Gasteiger partial charge is 0.203 e. The predicted octanol–water partition coefficient (Wildman–Crippen LogP) is 3.88. The van der Waals surface area contributed by atoms with Crippen LogP contribution in [0.1, 0.15) is 31.9 Å². The summed E-state index contributed by atoms with van der Waals surface area (Å²) in [5, 5.41) is 10.4. The van der Waals surface area contributed by atoms with Crippen molar-refractivity contribution in [2.75, 3.05) is 41.5 Å². The van der Waals surface area contributed by atoms with Crippen LogP contribution in [0.15, 0.2) is 36.4 Å². The first-order valence-electron chi connectivity index (χ1n) is 10.1. The number of aliphatic hydroxyl groups excluding tert-OH is 1. The molecule has 2 aromatic rings.